The summed E-state index contributed by atoms with van der Waals surface area (Å²) in [5.74, 6) is -0.727. The first kappa shape index (κ1) is 45.6. The van der Waals surface area contributed by atoms with E-state index in [1.54, 1.807) is 30.1 Å². The van der Waals surface area contributed by atoms with Crippen LogP contribution in [0.3, 0.4) is 0 Å². The van der Waals surface area contributed by atoms with Gasteiger partial charge in [-0.15, -0.1) is 0 Å². The van der Waals surface area contributed by atoms with Gasteiger partial charge < -0.3 is 29.7 Å². The fraction of sp³-hybridized carbons (Fsp3) is 0.348. The number of alkyl carbamates (subject to hydrolysis) is 1. The average molecular weight is 887 g/mol. The molecule has 5 aromatic rings. The van der Waals surface area contributed by atoms with E-state index in [2.05, 4.69) is 32.7 Å². The maximum absolute atomic E-state index is 16.4. The first-order valence-corrected chi connectivity index (χ1v) is 22.1. The largest absolute Gasteiger partial charge is 0.497 e. The number of hydrogen-bond acceptors (Lipinski definition) is 10. The van der Waals surface area contributed by atoms with Crippen molar-refractivity contribution in [1.29, 1.82) is 0 Å². The second-order valence-corrected chi connectivity index (χ2v) is 17.9. The SMILES string of the molecule is COc1ccc(CN(c2ccncn2)S(=O)(=O)c2cc(Cl)c(N[C@H]3CC[C@H](c4cccc(C)c4)C[C@@H]3N(C)C(=O)[C@@H](NC(=O)OCc3ccccc3)C(C)C)cc2F)c(OC)c1. The van der Waals surface area contributed by atoms with E-state index in [1.807, 2.05) is 63.2 Å². The van der Waals surface area contributed by atoms with Crippen LogP contribution in [0.1, 0.15) is 61.3 Å². The van der Waals surface area contributed by atoms with Crippen LogP contribution in [0.2, 0.25) is 5.02 Å². The molecule has 13 nitrogen and oxygen atoms in total. The summed E-state index contributed by atoms with van der Waals surface area (Å²) in [4.78, 5) is 36.5. The van der Waals surface area contributed by atoms with Crippen LogP contribution in [0.4, 0.5) is 20.7 Å². The number of sulfonamides is 1. The lowest BCUT2D eigenvalue weighted by atomic mass is 9.77. The van der Waals surface area contributed by atoms with Crippen molar-refractivity contribution in [2.75, 3.05) is 30.9 Å². The summed E-state index contributed by atoms with van der Waals surface area (Å²) in [7, 11) is -0.00207. The third kappa shape index (κ3) is 10.7. The van der Waals surface area contributed by atoms with Crippen LogP contribution >= 0.6 is 11.6 Å². The summed E-state index contributed by atoms with van der Waals surface area (Å²) in [5.41, 5.74) is 3.67. The third-order valence-electron chi connectivity index (χ3n) is 11.2. The van der Waals surface area contributed by atoms with Gasteiger partial charge in [-0.3, -0.25) is 4.79 Å². The summed E-state index contributed by atoms with van der Waals surface area (Å²) in [5, 5.41) is 6.11. The Bertz CT molecular complexity index is 2450. The van der Waals surface area contributed by atoms with Crippen molar-refractivity contribution in [3.63, 3.8) is 0 Å². The normalized spacial score (nSPS) is 16.8. The minimum absolute atomic E-state index is 0.00448. The van der Waals surface area contributed by atoms with Crippen LogP contribution in [0, 0.1) is 18.7 Å². The molecule has 1 aromatic heterocycles. The third-order valence-corrected chi connectivity index (χ3v) is 13.2. The second-order valence-electron chi connectivity index (χ2n) is 15.6. The van der Waals surface area contributed by atoms with E-state index in [0.29, 0.717) is 29.9 Å². The van der Waals surface area contributed by atoms with Crippen molar-refractivity contribution in [3.05, 3.63) is 137 Å². The summed E-state index contributed by atoms with van der Waals surface area (Å²) < 4.78 is 62.6. The number of hydrogen-bond donors (Lipinski definition) is 2. The van der Waals surface area contributed by atoms with Crippen molar-refractivity contribution in [2.24, 2.45) is 5.92 Å². The molecule has 1 saturated carbocycles. The van der Waals surface area contributed by atoms with E-state index in [4.69, 9.17) is 25.8 Å². The molecule has 328 valence electrons. The van der Waals surface area contributed by atoms with Gasteiger partial charge in [0, 0.05) is 37.0 Å². The van der Waals surface area contributed by atoms with Crippen LogP contribution < -0.4 is 24.4 Å². The zero-order valence-corrected chi connectivity index (χ0v) is 37.1. The predicted octanol–water partition coefficient (Wildman–Crippen LogP) is 8.52. The topological polar surface area (TPSA) is 152 Å². The molecule has 1 fully saturated rings. The van der Waals surface area contributed by atoms with Gasteiger partial charge in [-0.25, -0.2) is 31.9 Å². The van der Waals surface area contributed by atoms with Gasteiger partial charge in [0.2, 0.25) is 5.91 Å². The lowest BCUT2D eigenvalue weighted by Gasteiger charge is -2.43. The van der Waals surface area contributed by atoms with Crippen molar-refractivity contribution >= 4 is 45.1 Å². The molecule has 0 spiro atoms. The Kier molecular flexibility index (Phi) is 14.9. The number of anilines is 2. The van der Waals surface area contributed by atoms with Gasteiger partial charge in [-0.1, -0.05) is 85.6 Å². The van der Waals surface area contributed by atoms with Gasteiger partial charge in [0.05, 0.1) is 37.5 Å². The lowest BCUT2D eigenvalue weighted by Crippen LogP contribution is -2.57. The molecule has 0 bridgehead atoms. The van der Waals surface area contributed by atoms with Gasteiger partial charge in [0.1, 0.15) is 47.0 Å². The molecule has 2 amide bonds. The number of carbonyl (C=O) groups is 2. The molecular formula is C46H52ClFN6O7S. The minimum Gasteiger partial charge on any atom is -0.497 e. The molecule has 16 heteroatoms. The lowest BCUT2D eigenvalue weighted by molar-refractivity contribution is -0.136. The van der Waals surface area contributed by atoms with Gasteiger partial charge in [0.25, 0.3) is 10.0 Å². The molecule has 0 saturated heterocycles. The Morgan fingerprint density at radius 3 is 2.42 bits per heavy atom. The molecule has 6 rings (SSSR count). The number of aromatic nitrogens is 2. The summed E-state index contributed by atoms with van der Waals surface area (Å²) in [6.07, 6.45) is 3.71. The Balaban J connectivity index is 1.28. The molecule has 4 aromatic carbocycles. The highest BCUT2D eigenvalue weighted by Crippen LogP contribution is 2.39. The highest BCUT2D eigenvalue weighted by atomic mass is 35.5. The standard InChI is InChI=1S/C46H52ClFN6O7S/c1-29(2)44(52-46(56)61-27-31-12-8-7-9-13-31)45(55)53(4)40-22-33(32-14-10-11-30(3)21-32)16-18-38(40)51-39-25-37(48)42(24-36(39)47)62(57,58)54(43-19-20-49-28-50-43)26-34-15-17-35(59-5)23-41(34)60-6/h7-15,17,19-21,23-25,28-29,33,38,40,44,51H,16,18,22,26-27H2,1-6H3,(H,52,56)/t33-,38-,40-,44-/m0/s1. The summed E-state index contributed by atoms with van der Waals surface area (Å²) >= 11 is 6.86. The number of methoxy groups -OCH3 is 2. The molecule has 62 heavy (non-hydrogen) atoms. The molecular weight excluding hydrogens is 835 g/mol. The molecule has 4 atom stereocenters. The number of rotatable bonds is 16. The van der Waals surface area contributed by atoms with E-state index >= 15 is 4.39 Å². The molecule has 1 heterocycles. The fourth-order valence-electron chi connectivity index (χ4n) is 7.77. The van der Waals surface area contributed by atoms with Crippen molar-refractivity contribution in [3.8, 4) is 11.5 Å². The van der Waals surface area contributed by atoms with Gasteiger partial charge in [0.15, 0.2) is 0 Å². The fourth-order valence-corrected chi connectivity index (χ4v) is 9.53. The van der Waals surface area contributed by atoms with Gasteiger partial charge >= 0.3 is 6.09 Å². The van der Waals surface area contributed by atoms with Crippen molar-refractivity contribution in [2.45, 2.75) is 82.1 Å². The minimum atomic E-state index is -4.65. The van der Waals surface area contributed by atoms with Gasteiger partial charge in [-0.2, -0.15) is 0 Å². The highest BCUT2D eigenvalue weighted by molar-refractivity contribution is 7.92. The van der Waals surface area contributed by atoms with Crippen LogP contribution in [0.25, 0.3) is 0 Å². The smallest absolute Gasteiger partial charge is 0.408 e. The zero-order valence-electron chi connectivity index (χ0n) is 35.5. The van der Waals surface area contributed by atoms with Crippen molar-refractivity contribution < 1.29 is 36.6 Å². The number of aryl methyl sites for hydroxylation is 1. The van der Waals surface area contributed by atoms with Crippen LogP contribution in [-0.4, -0.2) is 74.7 Å². The zero-order chi connectivity index (χ0) is 44.6. The highest BCUT2D eigenvalue weighted by Gasteiger charge is 2.39. The Labute approximate surface area is 367 Å². The molecule has 1 aliphatic carbocycles. The molecule has 0 unspecified atom stereocenters. The summed E-state index contributed by atoms with van der Waals surface area (Å²) in [6, 6.07) is 24.2. The summed E-state index contributed by atoms with van der Waals surface area (Å²) in [6.45, 7) is 5.49. The molecule has 2 N–H and O–H groups in total. The maximum Gasteiger partial charge on any atom is 0.408 e. The number of nitrogens with one attached hydrogen (secondary N) is 2. The van der Waals surface area contributed by atoms with E-state index in [0.717, 1.165) is 39.5 Å². The average Bonchev–Trinajstić information content (AvgIpc) is 3.27. The first-order chi connectivity index (χ1) is 29.7. The van der Waals surface area contributed by atoms with Gasteiger partial charge in [-0.05, 0) is 73.4 Å². The quantitative estimate of drug-likeness (QED) is 0.0987. The van der Waals surface area contributed by atoms with E-state index in [9.17, 15) is 18.0 Å². The van der Waals surface area contributed by atoms with E-state index < -0.39 is 45.0 Å². The van der Waals surface area contributed by atoms with Crippen LogP contribution in [0.15, 0.2) is 108 Å². The van der Waals surface area contributed by atoms with Crippen LogP contribution in [0.5, 0.6) is 11.5 Å². The maximum atomic E-state index is 16.4. The predicted molar refractivity (Wildman–Crippen MR) is 236 cm³/mol. The Morgan fingerprint density at radius 1 is 0.968 bits per heavy atom. The number of carbonyl (C=O) groups excluding carboxylic acids is 2. The molecule has 0 radical (unpaired) electrons. The number of nitrogens with zero attached hydrogens (tertiary/aromatic N) is 4. The monoisotopic (exact) mass is 886 g/mol. The number of amides is 2. The number of halogens is 2. The molecule has 0 aliphatic heterocycles. The number of ether oxygens (including phenoxy) is 3. The Hall–Kier alpha value is -5.93. The van der Waals surface area contributed by atoms with E-state index in [-0.39, 0.29) is 47.4 Å². The van der Waals surface area contributed by atoms with Crippen molar-refractivity contribution in [1.82, 2.24) is 20.2 Å². The molecule has 1 aliphatic rings. The Morgan fingerprint density at radius 2 is 1.74 bits per heavy atom. The van der Waals surface area contributed by atoms with E-state index in [1.165, 1.54) is 32.8 Å². The first-order valence-electron chi connectivity index (χ1n) is 20.3. The van der Waals surface area contributed by atoms with Crippen LogP contribution in [-0.2, 0) is 32.7 Å². The number of likely N-dealkylation sites (N-methyl/N-ethyl adjacent to an activating group) is 1. The second kappa shape index (κ2) is 20.3. The number of benzene rings is 4.